The van der Waals surface area contributed by atoms with Gasteiger partial charge in [-0.3, -0.25) is 4.79 Å². The molecular weight excluding hydrogens is 176 g/mol. The minimum atomic E-state index is -0.702. The zero-order valence-corrected chi connectivity index (χ0v) is 7.97. The van der Waals surface area contributed by atoms with Gasteiger partial charge >= 0.3 is 5.97 Å². The van der Waals surface area contributed by atoms with Crippen LogP contribution in [0.15, 0.2) is 0 Å². The fraction of sp³-hybridized carbons (Fsp3) is 0.875. The first-order valence-electron chi connectivity index (χ1n) is 4.13. The first-order chi connectivity index (χ1) is 5.68. The van der Waals surface area contributed by atoms with Crippen molar-refractivity contribution in [1.82, 2.24) is 0 Å². The van der Waals surface area contributed by atoms with E-state index in [9.17, 15) is 4.79 Å². The van der Waals surface area contributed by atoms with Crippen LogP contribution in [0.5, 0.6) is 0 Å². The summed E-state index contributed by atoms with van der Waals surface area (Å²) in [6, 6.07) is 0. The van der Waals surface area contributed by atoms with Crippen LogP contribution in [-0.4, -0.2) is 34.8 Å². The van der Waals surface area contributed by atoms with Crippen molar-refractivity contribution >= 4 is 17.7 Å². The number of carboxylic acids is 1. The lowest BCUT2D eigenvalue weighted by Crippen LogP contribution is -2.31. The zero-order chi connectivity index (χ0) is 8.97. The quantitative estimate of drug-likeness (QED) is 0.711. The number of carbonyl (C=O) groups is 1. The summed E-state index contributed by atoms with van der Waals surface area (Å²) >= 11 is 1.84. The highest BCUT2D eigenvalue weighted by atomic mass is 32.2. The van der Waals surface area contributed by atoms with E-state index < -0.39 is 5.97 Å². The van der Waals surface area contributed by atoms with Gasteiger partial charge in [0.2, 0.25) is 0 Å². The maximum Gasteiger partial charge on any atom is 0.303 e. The molecular formula is C8H14O3S. The summed E-state index contributed by atoms with van der Waals surface area (Å²) in [5.74, 6) is -0.702. The minimum absolute atomic E-state index is 0.280. The van der Waals surface area contributed by atoms with Gasteiger partial charge in [0.05, 0.1) is 18.5 Å². The highest BCUT2D eigenvalue weighted by molar-refractivity contribution is 8.00. The van der Waals surface area contributed by atoms with Gasteiger partial charge in [-0.2, -0.15) is 11.8 Å². The molecule has 0 aromatic carbocycles. The Balaban J connectivity index is 2.02. The molecule has 1 rings (SSSR count). The highest BCUT2D eigenvalue weighted by Gasteiger charge is 2.21. The zero-order valence-electron chi connectivity index (χ0n) is 7.16. The largest absolute Gasteiger partial charge is 0.481 e. The fourth-order valence-electron chi connectivity index (χ4n) is 1.02. The number of carboxylic acid groups (broad SMARTS) is 1. The topological polar surface area (TPSA) is 46.5 Å². The summed E-state index contributed by atoms with van der Waals surface area (Å²) in [4.78, 5) is 10.2. The van der Waals surface area contributed by atoms with Crippen molar-refractivity contribution in [2.24, 2.45) is 0 Å². The summed E-state index contributed by atoms with van der Waals surface area (Å²) in [5.41, 5.74) is 0. The lowest BCUT2D eigenvalue weighted by atomic mass is 10.2. The van der Waals surface area contributed by atoms with Gasteiger partial charge in [0.1, 0.15) is 0 Å². The first-order valence-corrected chi connectivity index (χ1v) is 5.07. The number of rotatable bonds is 5. The second-order valence-electron chi connectivity index (χ2n) is 3.04. The van der Waals surface area contributed by atoms with Gasteiger partial charge < -0.3 is 9.84 Å². The van der Waals surface area contributed by atoms with E-state index in [2.05, 4.69) is 6.92 Å². The molecule has 3 nitrogen and oxygen atoms in total. The lowest BCUT2D eigenvalue weighted by Gasteiger charge is -2.27. The van der Waals surface area contributed by atoms with Gasteiger partial charge in [-0.1, -0.05) is 6.92 Å². The van der Waals surface area contributed by atoms with E-state index in [1.807, 2.05) is 11.8 Å². The normalized spacial score (nSPS) is 20.1. The molecule has 0 aliphatic carbocycles. The van der Waals surface area contributed by atoms with Crippen molar-refractivity contribution in [2.45, 2.75) is 30.3 Å². The van der Waals surface area contributed by atoms with Crippen LogP contribution in [0.1, 0.15) is 19.8 Å². The standard InChI is InChI=1S/C8H14O3S/c1-6(2-3-8(9)10)12-7-4-11-5-7/h6-7H,2-5H2,1H3,(H,9,10). The van der Waals surface area contributed by atoms with Gasteiger partial charge in [0, 0.05) is 11.7 Å². The van der Waals surface area contributed by atoms with Crippen LogP contribution in [0.4, 0.5) is 0 Å². The Bertz CT molecular complexity index is 156. The molecule has 1 unspecified atom stereocenters. The monoisotopic (exact) mass is 190 g/mol. The third kappa shape index (κ3) is 3.45. The SMILES string of the molecule is CC(CCC(=O)O)SC1COC1. The maximum atomic E-state index is 10.2. The summed E-state index contributed by atoms with van der Waals surface area (Å²) in [6.45, 7) is 3.75. The Morgan fingerprint density at radius 1 is 1.75 bits per heavy atom. The van der Waals surface area contributed by atoms with Gasteiger partial charge in [0.15, 0.2) is 0 Å². The predicted octanol–water partition coefficient (Wildman–Crippen LogP) is 1.37. The van der Waals surface area contributed by atoms with Gasteiger partial charge in [0.25, 0.3) is 0 Å². The van der Waals surface area contributed by atoms with Crippen molar-refractivity contribution < 1.29 is 14.6 Å². The molecule has 1 heterocycles. The van der Waals surface area contributed by atoms with E-state index in [0.717, 1.165) is 19.6 Å². The van der Waals surface area contributed by atoms with E-state index in [1.54, 1.807) is 0 Å². The maximum absolute atomic E-state index is 10.2. The molecule has 0 radical (unpaired) electrons. The molecule has 1 fully saturated rings. The van der Waals surface area contributed by atoms with E-state index in [-0.39, 0.29) is 6.42 Å². The Morgan fingerprint density at radius 2 is 2.42 bits per heavy atom. The smallest absolute Gasteiger partial charge is 0.303 e. The van der Waals surface area contributed by atoms with Gasteiger partial charge in [-0.05, 0) is 6.42 Å². The van der Waals surface area contributed by atoms with Crippen molar-refractivity contribution in [3.05, 3.63) is 0 Å². The highest BCUT2D eigenvalue weighted by Crippen LogP contribution is 2.26. The molecule has 0 bridgehead atoms. The number of ether oxygens (including phenoxy) is 1. The van der Waals surface area contributed by atoms with E-state index in [4.69, 9.17) is 9.84 Å². The van der Waals surface area contributed by atoms with Crippen LogP contribution < -0.4 is 0 Å². The van der Waals surface area contributed by atoms with Gasteiger partial charge in [-0.15, -0.1) is 0 Å². The number of aliphatic carboxylic acids is 1. The number of thioether (sulfide) groups is 1. The molecule has 1 atom stereocenters. The Kier molecular flexibility index (Phi) is 3.88. The molecule has 0 aromatic rings. The average Bonchev–Trinajstić information content (AvgIpc) is 1.93. The molecule has 12 heavy (non-hydrogen) atoms. The second-order valence-corrected chi connectivity index (χ2v) is 4.78. The van der Waals surface area contributed by atoms with E-state index in [1.165, 1.54) is 0 Å². The molecule has 4 heteroatoms. The summed E-state index contributed by atoms with van der Waals surface area (Å²) in [6.07, 6.45) is 1.04. The van der Waals surface area contributed by atoms with Crippen molar-refractivity contribution in [3.8, 4) is 0 Å². The van der Waals surface area contributed by atoms with Crippen LogP contribution in [0.2, 0.25) is 0 Å². The molecule has 1 aliphatic rings. The van der Waals surface area contributed by atoms with Gasteiger partial charge in [-0.25, -0.2) is 0 Å². The summed E-state index contributed by atoms with van der Waals surface area (Å²) < 4.78 is 5.02. The van der Waals surface area contributed by atoms with Crippen LogP contribution in [0.3, 0.4) is 0 Å². The average molecular weight is 190 g/mol. The third-order valence-electron chi connectivity index (χ3n) is 1.80. The number of hydrogen-bond donors (Lipinski definition) is 1. The van der Waals surface area contributed by atoms with Crippen molar-refractivity contribution in [2.75, 3.05) is 13.2 Å². The minimum Gasteiger partial charge on any atom is -0.481 e. The predicted molar refractivity (Wildman–Crippen MR) is 48.5 cm³/mol. The van der Waals surface area contributed by atoms with Crippen LogP contribution in [0, 0.1) is 0 Å². The fourth-order valence-corrected chi connectivity index (χ4v) is 2.28. The number of hydrogen-bond acceptors (Lipinski definition) is 3. The molecule has 1 N–H and O–H groups in total. The lowest BCUT2D eigenvalue weighted by molar-refractivity contribution is -0.137. The molecule has 0 amide bonds. The first kappa shape index (κ1) is 9.86. The summed E-state index contributed by atoms with van der Waals surface area (Å²) in [5, 5.41) is 9.48. The molecule has 1 saturated heterocycles. The van der Waals surface area contributed by atoms with E-state index in [0.29, 0.717) is 10.5 Å². The Morgan fingerprint density at radius 3 is 2.83 bits per heavy atom. The molecule has 70 valence electrons. The molecule has 0 aromatic heterocycles. The van der Waals surface area contributed by atoms with Crippen LogP contribution >= 0.6 is 11.8 Å². The van der Waals surface area contributed by atoms with Crippen LogP contribution in [0.25, 0.3) is 0 Å². The summed E-state index contributed by atoms with van der Waals surface area (Å²) in [7, 11) is 0. The van der Waals surface area contributed by atoms with Crippen molar-refractivity contribution in [1.29, 1.82) is 0 Å². The van der Waals surface area contributed by atoms with Crippen LogP contribution in [-0.2, 0) is 9.53 Å². The molecule has 1 aliphatic heterocycles. The van der Waals surface area contributed by atoms with Crippen molar-refractivity contribution in [3.63, 3.8) is 0 Å². The Hall–Kier alpha value is -0.220. The van der Waals surface area contributed by atoms with E-state index >= 15 is 0 Å². The molecule has 0 saturated carbocycles. The Labute approximate surface area is 76.5 Å². The second kappa shape index (κ2) is 4.72. The molecule has 0 spiro atoms. The third-order valence-corrected chi connectivity index (χ3v) is 3.15.